The number of amides is 1. The second-order valence-electron chi connectivity index (χ2n) is 13.1. The number of methoxy groups -OCH3 is 2. The summed E-state index contributed by atoms with van der Waals surface area (Å²) >= 11 is 0. The summed E-state index contributed by atoms with van der Waals surface area (Å²) in [6.07, 6.45) is -0.992. The smallest absolute Gasteiger partial charge is 0.351 e. The summed E-state index contributed by atoms with van der Waals surface area (Å²) in [6.45, 7) is 0.412. The first-order valence-electron chi connectivity index (χ1n) is 17.9. The Bertz CT molecular complexity index is 1990. The Morgan fingerprint density at radius 1 is 0.852 bits per heavy atom. The van der Waals surface area contributed by atoms with E-state index in [4.69, 9.17) is 28.4 Å². The van der Waals surface area contributed by atoms with Crippen molar-refractivity contribution in [2.45, 2.75) is 55.7 Å². The number of carbonyl (C=O) groups is 1. The van der Waals surface area contributed by atoms with E-state index in [2.05, 4.69) is 10.3 Å². The second-order valence-corrected chi connectivity index (χ2v) is 13.1. The molecule has 12 heteroatoms. The SMILES string of the molecule is COc1ccc(C(OC[C@H]2O[C@@H](n3ccc(NC(=O)c4ccccc4)nc3=O)[C@H](O[C@@H]3CCCCO3)[C@@H]2O)(c2ccccc2)c2ccc(OC)cc2)cc1. The lowest BCUT2D eigenvalue weighted by atomic mass is 9.80. The molecule has 0 unspecified atom stereocenters. The molecular formula is C42H43N3O9. The van der Waals surface area contributed by atoms with Crippen molar-refractivity contribution >= 4 is 11.7 Å². The highest BCUT2D eigenvalue weighted by molar-refractivity contribution is 6.03. The quantitative estimate of drug-likeness (QED) is 0.145. The van der Waals surface area contributed by atoms with Gasteiger partial charge in [0, 0.05) is 18.4 Å². The average Bonchev–Trinajstić information content (AvgIpc) is 3.53. The first-order valence-corrected chi connectivity index (χ1v) is 17.9. The number of aliphatic hydroxyl groups is 1. The molecule has 2 aliphatic rings. The number of rotatable bonds is 13. The van der Waals surface area contributed by atoms with Gasteiger partial charge in [-0.25, -0.2) is 4.79 Å². The van der Waals surface area contributed by atoms with E-state index in [1.807, 2.05) is 78.9 Å². The maximum Gasteiger partial charge on any atom is 0.351 e. The number of benzene rings is 4. The highest BCUT2D eigenvalue weighted by Gasteiger charge is 2.49. The summed E-state index contributed by atoms with van der Waals surface area (Å²) in [5.41, 5.74) is 0.988. The van der Waals surface area contributed by atoms with Crippen LogP contribution in [0, 0.1) is 0 Å². The van der Waals surface area contributed by atoms with E-state index in [0.717, 1.165) is 29.5 Å². The minimum Gasteiger partial charge on any atom is -0.497 e. The zero-order chi connectivity index (χ0) is 37.5. The predicted molar refractivity (Wildman–Crippen MR) is 200 cm³/mol. The summed E-state index contributed by atoms with van der Waals surface area (Å²) < 4.78 is 38.0. The molecule has 1 aromatic heterocycles. The molecule has 3 heterocycles. The Morgan fingerprint density at radius 2 is 1.46 bits per heavy atom. The molecule has 2 saturated heterocycles. The number of nitrogens with zero attached hydrogens (tertiary/aromatic N) is 2. The number of anilines is 1. The van der Waals surface area contributed by atoms with Crippen LogP contribution in [-0.4, -0.2) is 72.6 Å². The first kappa shape index (κ1) is 37.0. The van der Waals surface area contributed by atoms with Crippen molar-refractivity contribution in [3.8, 4) is 11.5 Å². The van der Waals surface area contributed by atoms with Crippen molar-refractivity contribution in [2.75, 3.05) is 32.8 Å². The first-order chi connectivity index (χ1) is 26.4. The maximum absolute atomic E-state index is 13.6. The number of aromatic nitrogens is 2. The second kappa shape index (κ2) is 16.8. The van der Waals surface area contributed by atoms with Crippen LogP contribution < -0.4 is 20.5 Å². The van der Waals surface area contributed by atoms with Crippen LogP contribution in [0.5, 0.6) is 11.5 Å². The third kappa shape index (κ3) is 7.79. The largest absolute Gasteiger partial charge is 0.497 e. The monoisotopic (exact) mass is 733 g/mol. The molecule has 280 valence electrons. The normalized spacial score (nSPS) is 21.4. The molecule has 2 aliphatic heterocycles. The Morgan fingerprint density at radius 3 is 2.04 bits per heavy atom. The molecule has 0 bridgehead atoms. The Hall–Kier alpha value is -5.37. The number of hydrogen-bond donors (Lipinski definition) is 2. The van der Waals surface area contributed by atoms with Crippen molar-refractivity contribution in [3.05, 3.63) is 154 Å². The van der Waals surface area contributed by atoms with Gasteiger partial charge in [0.1, 0.15) is 41.2 Å². The van der Waals surface area contributed by atoms with Crippen molar-refractivity contribution in [2.24, 2.45) is 0 Å². The summed E-state index contributed by atoms with van der Waals surface area (Å²) in [5, 5.41) is 14.6. The standard InChI is InChI=1S/C42H43N3O9/c1-49-32-20-16-30(17-21-32)42(29-13-7-4-8-14-29,31-18-22-33(50-2)23-19-31)52-27-34-37(46)38(54-36-15-9-10-26-51-36)40(53-34)45-25-24-35(44-41(45)48)43-39(47)28-11-5-3-6-12-28/h3-8,11-14,16-25,34,36-38,40,46H,9-10,15,26-27H2,1-2H3,(H,43,44,47,48)/t34-,36-,37-,38-,40-/m1/s1. The van der Waals surface area contributed by atoms with E-state index in [9.17, 15) is 14.7 Å². The topological polar surface area (TPSA) is 140 Å². The number of nitrogens with one attached hydrogen (secondary N) is 1. The number of hydrogen-bond acceptors (Lipinski definition) is 10. The fourth-order valence-corrected chi connectivity index (χ4v) is 6.96. The van der Waals surface area contributed by atoms with Gasteiger partial charge in [-0.3, -0.25) is 9.36 Å². The third-order valence-electron chi connectivity index (χ3n) is 9.78. The van der Waals surface area contributed by atoms with Crippen LogP contribution in [0.15, 0.2) is 126 Å². The summed E-state index contributed by atoms with van der Waals surface area (Å²) in [5.74, 6) is 1.03. The van der Waals surface area contributed by atoms with Crippen LogP contribution >= 0.6 is 0 Å². The maximum atomic E-state index is 13.6. The van der Waals surface area contributed by atoms with Crippen molar-refractivity contribution < 1.29 is 38.3 Å². The van der Waals surface area contributed by atoms with E-state index in [1.54, 1.807) is 44.6 Å². The van der Waals surface area contributed by atoms with E-state index in [0.29, 0.717) is 30.1 Å². The summed E-state index contributed by atoms with van der Waals surface area (Å²) in [7, 11) is 3.22. The molecule has 5 aromatic rings. The van der Waals surface area contributed by atoms with Gasteiger partial charge >= 0.3 is 5.69 Å². The van der Waals surface area contributed by atoms with E-state index in [-0.39, 0.29) is 12.4 Å². The van der Waals surface area contributed by atoms with Gasteiger partial charge in [0.2, 0.25) is 0 Å². The van der Waals surface area contributed by atoms with Crippen molar-refractivity contribution in [3.63, 3.8) is 0 Å². The van der Waals surface area contributed by atoms with Gasteiger partial charge in [0.15, 0.2) is 12.5 Å². The van der Waals surface area contributed by atoms with Crippen LogP contribution in [0.4, 0.5) is 5.82 Å². The van der Waals surface area contributed by atoms with Crippen LogP contribution in [0.1, 0.15) is 52.5 Å². The Kier molecular flexibility index (Phi) is 11.5. The Balaban J connectivity index is 1.22. The van der Waals surface area contributed by atoms with Gasteiger partial charge in [-0.2, -0.15) is 4.98 Å². The van der Waals surface area contributed by atoms with E-state index in [1.165, 1.54) is 16.8 Å². The molecule has 1 amide bonds. The lowest BCUT2D eigenvalue weighted by molar-refractivity contribution is -0.215. The molecule has 5 atom stereocenters. The van der Waals surface area contributed by atoms with Gasteiger partial charge in [0.25, 0.3) is 5.91 Å². The summed E-state index contributed by atoms with van der Waals surface area (Å²) in [4.78, 5) is 30.5. The van der Waals surface area contributed by atoms with Crippen LogP contribution in [-0.2, 0) is 24.5 Å². The molecule has 0 aliphatic carbocycles. The summed E-state index contributed by atoms with van der Waals surface area (Å²) in [6, 6.07) is 35.2. The minimum absolute atomic E-state index is 0.0724. The zero-order valence-corrected chi connectivity index (χ0v) is 30.1. The van der Waals surface area contributed by atoms with Crippen LogP contribution in [0.3, 0.4) is 0 Å². The molecule has 2 fully saturated rings. The van der Waals surface area contributed by atoms with Crippen LogP contribution in [0.25, 0.3) is 0 Å². The number of ether oxygens (including phenoxy) is 6. The van der Waals surface area contributed by atoms with Gasteiger partial charge in [0.05, 0.1) is 20.8 Å². The fourth-order valence-electron chi connectivity index (χ4n) is 6.96. The fraction of sp³-hybridized carbons (Fsp3) is 0.310. The molecule has 4 aromatic carbocycles. The molecule has 0 radical (unpaired) electrons. The van der Waals surface area contributed by atoms with Gasteiger partial charge in [-0.1, -0.05) is 72.8 Å². The lowest BCUT2D eigenvalue weighted by Gasteiger charge is -2.37. The van der Waals surface area contributed by atoms with Gasteiger partial charge < -0.3 is 38.8 Å². The average molecular weight is 734 g/mol. The molecule has 0 spiro atoms. The van der Waals surface area contributed by atoms with E-state index >= 15 is 0 Å². The molecule has 7 rings (SSSR count). The molecule has 2 N–H and O–H groups in total. The minimum atomic E-state index is -1.23. The molecule has 54 heavy (non-hydrogen) atoms. The van der Waals surface area contributed by atoms with Gasteiger partial charge in [-0.05, 0) is 78.4 Å². The molecule has 12 nitrogen and oxygen atoms in total. The van der Waals surface area contributed by atoms with Crippen molar-refractivity contribution in [1.82, 2.24) is 9.55 Å². The number of carbonyl (C=O) groups excluding carboxylic acids is 1. The van der Waals surface area contributed by atoms with Crippen LogP contribution in [0.2, 0.25) is 0 Å². The molecule has 0 saturated carbocycles. The number of aliphatic hydroxyl groups excluding tert-OH is 1. The van der Waals surface area contributed by atoms with Gasteiger partial charge in [-0.15, -0.1) is 0 Å². The van der Waals surface area contributed by atoms with Crippen molar-refractivity contribution in [1.29, 1.82) is 0 Å². The van der Waals surface area contributed by atoms with E-state index < -0.39 is 48.0 Å². The predicted octanol–water partition coefficient (Wildman–Crippen LogP) is 5.69. The highest BCUT2D eigenvalue weighted by Crippen LogP contribution is 2.43. The lowest BCUT2D eigenvalue weighted by Crippen LogP contribution is -2.42. The third-order valence-corrected chi connectivity index (χ3v) is 9.78. The zero-order valence-electron chi connectivity index (χ0n) is 30.1. The Labute approximate surface area is 313 Å². The molecular weight excluding hydrogens is 690 g/mol. The highest BCUT2D eigenvalue weighted by atomic mass is 16.7.